The molecule has 3 saturated carbocycles. The van der Waals surface area contributed by atoms with Crippen LogP contribution in [0.15, 0.2) is 36.0 Å². The monoisotopic (exact) mass is 936 g/mol. The van der Waals surface area contributed by atoms with Crippen molar-refractivity contribution >= 4 is 5.97 Å². The molecule has 4 aliphatic carbocycles. The molecule has 0 amide bonds. The number of carbonyl (C=O) groups is 1. The molecule has 0 aromatic heterocycles. The van der Waals surface area contributed by atoms with Gasteiger partial charge in [-0.15, -0.1) is 0 Å². The van der Waals surface area contributed by atoms with Crippen LogP contribution in [0.1, 0.15) is 221 Å². The summed E-state index contributed by atoms with van der Waals surface area (Å²) in [6.07, 6.45) is 48.7. The summed E-state index contributed by atoms with van der Waals surface area (Å²) in [6.45, 7) is 19.3. The minimum absolute atomic E-state index is 0.0545. The van der Waals surface area contributed by atoms with Crippen LogP contribution in [0, 0.1) is 40.4 Å². The van der Waals surface area contributed by atoms with Gasteiger partial charge in [0.05, 0.1) is 38.6 Å². The summed E-state index contributed by atoms with van der Waals surface area (Å²) >= 11 is 0. The number of nitrogens with zero attached hydrogens (tertiary/aromatic N) is 1. The van der Waals surface area contributed by atoms with Crippen LogP contribution in [-0.2, 0) is 28.5 Å². The number of piperidine rings is 1. The van der Waals surface area contributed by atoms with Crippen molar-refractivity contribution in [2.75, 3.05) is 65.9 Å². The Labute approximate surface area is 413 Å². The van der Waals surface area contributed by atoms with Crippen LogP contribution in [0.25, 0.3) is 0 Å². The Morgan fingerprint density at radius 1 is 0.746 bits per heavy atom. The molecule has 0 spiro atoms. The number of rotatable bonds is 36. The molecule has 0 aromatic carbocycles. The summed E-state index contributed by atoms with van der Waals surface area (Å²) in [6, 6.07) is 0. The summed E-state index contributed by atoms with van der Waals surface area (Å²) in [4.78, 5) is 15.1. The molecule has 4 unspecified atom stereocenters. The van der Waals surface area contributed by atoms with Gasteiger partial charge < -0.3 is 28.6 Å². The maximum atomic E-state index is 12.5. The molecular formula is C60H105NO6. The third-order valence-corrected chi connectivity index (χ3v) is 17.5. The van der Waals surface area contributed by atoms with E-state index in [9.17, 15) is 4.79 Å². The molecule has 1 aliphatic heterocycles. The number of carbonyl (C=O) groups excluding carboxylic acids is 1. The van der Waals surface area contributed by atoms with Crippen LogP contribution >= 0.6 is 0 Å². The van der Waals surface area contributed by atoms with Gasteiger partial charge in [0, 0.05) is 26.2 Å². The topological polar surface area (TPSA) is 66.5 Å². The van der Waals surface area contributed by atoms with Gasteiger partial charge in [0.1, 0.15) is 6.61 Å². The number of hydrogen-bond acceptors (Lipinski definition) is 7. The second-order valence-electron chi connectivity index (χ2n) is 22.9. The van der Waals surface area contributed by atoms with Gasteiger partial charge in [-0.2, -0.15) is 0 Å². The lowest BCUT2D eigenvalue weighted by molar-refractivity contribution is -0.146. The number of likely N-dealkylation sites (tertiary alicyclic amines) is 1. The van der Waals surface area contributed by atoms with Crippen LogP contribution < -0.4 is 0 Å². The van der Waals surface area contributed by atoms with Crippen LogP contribution in [0.4, 0.5) is 0 Å². The number of fused-ring (bicyclic) bond motifs is 5. The molecule has 7 heteroatoms. The van der Waals surface area contributed by atoms with Gasteiger partial charge in [0.15, 0.2) is 0 Å². The van der Waals surface area contributed by atoms with Crippen molar-refractivity contribution in [3.63, 3.8) is 0 Å². The van der Waals surface area contributed by atoms with E-state index in [0.29, 0.717) is 56.7 Å². The predicted molar refractivity (Wildman–Crippen MR) is 279 cm³/mol. The molecule has 5 aliphatic rings. The lowest BCUT2D eigenvalue weighted by Crippen LogP contribution is -2.50. The molecule has 5 rings (SSSR count). The Morgan fingerprint density at radius 3 is 2.30 bits per heavy atom. The zero-order valence-electron chi connectivity index (χ0n) is 44.4. The Hall–Kier alpha value is -1.51. The first kappa shape index (κ1) is 56.4. The first-order chi connectivity index (χ1) is 32.7. The predicted octanol–water partition coefficient (Wildman–Crippen LogP) is 15.2. The van der Waals surface area contributed by atoms with Gasteiger partial charge >= 0.3 is 5.97 Å². The summed E-state index contributed by atoms with van der Waals surface area (Å²) in [5.74, 6) is 4.27. The highest BCUT2D eigenvalue weighted by molar-refractivity contribution is 5.69. The van der Waals surface area contributed by atoms with Gasteiger partial charge in [-0.1, -0.05) is 135 Å². The van der Waals surface area contributed by atoms with Crippen LogP contribution in [0.5, 0.6) is 0 Å². The molecule has 0 bridgehead atoms. The Bertz CT molecular complexity index is 1400. The third-order valence-electron chi connectivity index (χ3n) is 17.5. The molecule has 0 radical (unpaired) electrons. The van der Waals surface area contributed by atoms with E-state index in [2.05, 4.69) is 69.9 Å². The quantitative estimate of drug-likeness (QED) is 0.0352. The van der Waals surface area contributed by atoms with Gasteiger partial charge in [-0.3, -0.25) is 4.79 Å². The first-order valence-corrected chi connectivity index (χ1v) is 29.0. The van der Waals surface area contributed by atoms with Gasteiger partial charge in [-0.05, 0) is 169 Å². The molecule has 67 heavy (non-hydrogen) atoms. The van der Waals surface area contributed by atoms with Gasteiger partial charge in [0.2, 0.25) is 0 Å². The van der Waals surface area contributed by atoms with E-state index >= 15 is 0 Å². The molecular weight excluding hydrogens is 831 g/mol. The number of unbranched alkanes of at least 4 members (excludes halogenated alkanes) is 10. The summed E-state index contributed by atoms with van der Waals surface area (Å²) < 4.78 is 30.2. The van der Waals surface area contributed by atoms with Crippen molar-refractivity contribution in [3.8, 4) is 0 Å². The van der Waals surface area contributed by atoms with E-state index in [1.807, 2.05) is 0 Å². The van der Waals surface area contributed by atoms with Crippen molar-refractivity contribution < 1.29 is 28.5 Å². The minimum Gasteiger partial charge on any atom is -0.463 e. The first-order valence-electron chi connectivity index (χ1n) is 29.0. The van der Waals surface area contributed by atoms with Gasteiger partial charge in [0.25, 0.3) is 0 Å². The molecule has 7 nitrogen and oxygen atoms in total. The zero-order valence-corrected chi connectivity index (χ0v) is 44.4. The van der Waals surface area contributed by atoms with Crippen molar-refractivity contribution in [2.45, 2.75) is 233 Å². The fourth-order valence-electron chi connectivity index (χ4n) is 13.4. The molecule has 0 N–H and O–H groups in total. The van der Waals surface area contributed by atoms with E-state index in [4.69, 9.17) is 23.7 Å². The van der Waals surface area contributed by atoms with Crippen molar-refractivity contribution in [1.29, 1.82) is 0 Å². The van der Waals surface area contributed by atoms with Gasteiger partial charge in [-0.25, -0.2) is 0 Å². The second-order valence-corrected chi connectivity index (χ2v) is 22.9. The second kappa shape index (κ2) is 32.5. The molecule has 1 saturated heterocycles. The molecule has 386 valence electrons. The highest BCUT2D eigenvalue weighted by Gasteiger charge is 2.58. The normalized spacial score (nSPS) is 28.2. The maximum Gasteiger partial charge on any atom is 0.305 e. The Balaban J connectivity index is 0.858. The summed E-state index contributed by atoms with van der Waals surface area (Å²) in [5, 5.41) is 0. The Morgan fingerprint density at radius 2 is 1.51 bits per heavy atom. The van der Waals surface area contributed by atoms with Crippen LogP contribution in [0.3, 0.4) is 0 Å². The SMILES string of the molecule is CCCCC/C=C\C/C=C\CCCCCCCCOCC(CN1CCCCC1)OCCOCCOC(=O)CCCO[C@H]1CC[C@@]2(C)C(=CCC3C2CC[C@@]2(C)C3CC[C@@H]2CCCCC(C)C)C1. The fourth-order valence-corrected chi connectivity index (χ4v) is 13.4. The van der Waals surface area contributed by atoms with Crippen molar-refractivity contribution in [2.24, 2.45) is 40.4 Å². The number of allylic oxidation sites excluding steroid dienone is 5. The van der Waals surface area contributed by atoms with Crippen molar-refractivity contribution in [1.82, 2.24) is 4.90 Å². The standard InChI is InChI=1S/C60H105NO6/c1-6-7-8-9-10-11-12-13-14-15-16-17-18-19-20-26-41-64-49-54(48-61-39-24-21-25-40-61)66-45-43-63-44-46-67-58(62)30-27-42-65-53-35-37-60(5)52(47-53)31-33-55-56-34-32-51(29-23-22-28-50(2)3)59(56,4)38-36-57(55)60/h10-11,13-14,31,50-51,53-57H,6-9,12,15-30,32-49H2,1-5H3/b11-10-,14-13-/t51-,53-,54?,55?,56?,57?,59+,60-/m0/s1. The van der Waals surface area contributed by atoms with Crippen LogP contribution in [0.2, 0.25) is 0 Å². The lowest BCUT2D eigenvalue weighted by Gasteiger charge is -2.58. The molecule has 1 heterocycles. The molecule has 0 aromatic rings. The van der Waals surface area contributed by atoms with E-state index in [1.54, 1.807) is 5.57 Å². The summed E-state index contributed by atoms with van der Waals surface area (Å²) in [5.41, 5.74) is 2.60. The number of hydrogen-bond donors (Lipinski definition) is 0. The average molecular weight is 937 g/mol. The van der Waals surface area contributed by atoms with Crippen LogP contribution in [-0.4, -0.2) is 89.0 Å². The van der Waals surface area contributed by atoms with Crippen molar-refractivity contribution in [3.05, 3.63) is 36.0 Å². The average Bonchev–Trinajstić information content (AvgIpc) is 3.67. The molecule has 4 fully saturated rings. The Kier molecular flexibility index (Phi) is 27.3. The highest BCUT2D eigenvalue weighted by atomic mass is 16.6. The maximum absolute atomic E-state index is 12.5. The zero-order chi connectivity index (χ0) is 47.4. The largest absolute Gasteiger partial charge is 0.463 e. The summed E-state index contributed by atoms with van der Waals surface area (Å²) in [7, 11) is 0. The smallest absolute Gasteiger partial charge is 0.305 e. The van der Waals surface area contributed by atoms with E-state index in [1.165, 1.54) is 148 Å². The number of esters is 1. The molecule has 8 atom stereocenters. The highest BCUT2D eigenvalue weighted by Crippen LogP contribution is 2.67. The lowest BCUT2D eigenvalue weighted by atomic mass is 9.47. The third kappa shape index (κ3) is 19.9. The minimum atomic E-state index is -0.159. The van der Waals surface area contributed by atoms with E-state index < -0.39 is 0 Å². The van der Waals surface area contributed by atoms with E-state index in [-0.39, 0.29) is 24.8 Å². The fraction of sp³-hybridized carbons (Fsp3) is 0.883. The van der Waals surface area contributed by atoms with E-state index in [0.717, 1.165) is 81.5 Å². The number of ether oxygens (including phenoxy) is 5.